The van der Waals surface area contributed by atoms with Gasteiger partial charge < -0.3 is 5.32 Å². The first-order chi connectivity index (χ1) is 8.76. The van der Waals surface area contributed by atoms with E-state index in [-0.39, 0.29) is 11.8 Å². The number of carbonyl (C=O) groups excluding carboxylic acids is 1. The Balaban J connectivity index is 2.12. The number of fused-ring (bicyclic) bond motifs is 1. The van der Waals surface area contributed by atoms with Crippen LogP contribution in [0.25, 0.3) is 0 Å². The molecule has 3 heteroatoms. The summed E-state index contributed by atoms with van der Waals surface area (Å²) in [6.45, 7) is 2.16. The van der Waals surface area contributed by atoms with Gasteiger partial charge in [-0.15, -0.1) is 11.8 Å². The average Bonchev–Trinajstić information content (AvgIpc) is 2.86. The van der Waals surface area contributed by atoms with Gasteiger partial charge in [-0.1, -0.05) is 31.9 Å². The maximum Gasteiger partial charge on any atom is 0.179 e. The molecule has 18 heavy (non-hydrogen) atoms. The van der Waals surface area contributed by atoms with Crippen LogP contribution in [0.4, 0.5) is 0 Å². The van der Waals surface area contributed by atoms with Crippen LogP contribution in [0.5, 0.6) is 0 Å². The standard InChI is InChI=1S/C15H21NOS/c1-3-4-5-13(16-2)15(17)12-7-6-11-8-9-18-14(11)10-12/h6-7,10,13,16H,3-5,8-9H2,1-2H3. The molecule has 0 radical (unpaired) electrons. The molecule has 0 spiro atoms. The minimum Gasteiger partial charge on any atom is -0.310 e. The summed E-state index contributed by atoms with van der Waals surface area (Å²) < 4.78 is 0. The number of hydrogen-bond acceptors (Lipinski definition) is 3. The number of ketones is 1. The van der Waals surface area contributed by atoms with Crippen LogP contribution in [0.1, 0.15) is 42.1 Å². The molecule has 0 aliphatic carbocycles. The van der Waals surface area contributed by atoms with Crippen molar-refractivity contribution in [2.45, 2.75) is 43.5 Å². The molecule has 1 heterocycles. The Morgan fingerprint density at radius 2 is 2.33 bits per heavy atom. The molecular weight excluding hydrogens is 242 g/mol. The van der Waals surface area contributed by atoms with Gasteiger partial charge in [0.25, 0.3) is 0 Å². The van der Waals surface area contributed by atoms with Crippen LogP contribution in [-0.2, 0) is 6.42 Å². The van der Waals surface area contributed by atoms with Crippen molar-refractivity contribution in [3.05, 3.63) is 29.3 Å². The summed E-state index contributed by atoms with van der Waals surface area (Å²) in [4.78, 5) is 13.7. The quantitative estimate of drug-likeness (QED) is 0.799. The number of nitrogens with one attached hydrogen (secondary N) is 1. The smallest absolute Gasteiger partial charge is 0.179 e. The second kappa shape index (κ2) is 6.39. The molecule has 0 fully saturated rings. The summed E-state index contributed by atoms with van der Waals surface area (Å²) in [5, 5.41) is 3.15. The number of Topliss-reactive ketones (excluding diaryl/α,β-unsaturated/α-hetero) is 1. The van der Waals surface area contributed by atoms with Crippen molar-refractivity contribution < 1.29 is 4.79 Å². The number of likely N-dealkylation sites (N-methyl/N-ethyl adjacent to an activating group) is 1. The fourth-order valence-electron chi connectivity index (χ4n) is 2.34. The van der Waals surface area contributed by atoms with Crippen LogP contribution in [0, 0.1) is 0 Å². The highest BCUT2D eigenvalue weighted by molar-refractivity contribution is 7.99. The van der Waals surface area contributed by atoms with E-state index >= 15 is 0 Å². The van der Waals surface area contributed by atoms with E-state index in [2.05, 4.69) is 24.4 Å². The fraction of sp³-hybridized carbons (Fsp3) is 0.533. The number of benzene rings is 1. The minimum atomic E-state index is -0.0330. The SMILES string of the molecule is CCCCC(NC)C(=O)c1ccc2c(c1)SCC2. The Bertz CT molecular complexity index is 431. The molecule has 0 amide bonds. The maximum atomic E-state index is 12.4. The van der Waals surface area contributed by atoms with Gasteiger partial charge in [0.15, 0.2) is 5.78 Å². The van der Waals surface area contributed by atoms with E-state index in [1.165, 1.54) is 10.5 Å². The molecule has 0 saturated heterocycles. The molecule has 0 saturated carbocycles. The Morgan fingerprint density at radius 3 is 3.06 bits per heavy atom. The lowest BCUT2D eigenvalue weighted by Crippen LogP contribution is -2.34. The van der Waals surface area contributed by atoms with Gasteiger partial charge in [0, 0.05) is 16.2 Å². The second-order valence-electron chi connectivity index (χ2n) is 4.77. The molecule has 1 atom stereocenters. The first kappa shape index (κ1) is 13.6. The highest BCUT2D eigenvalue weighted by Gasteiger charge is 2.20. The third kappa shape index (κ3) is 2.96. The number of rotatable bonds is 6. The lowest BCUT2D eigenvalue weighted by atomic mass is 9.98. The molecule has 1 unspecified atom stereocenters. The Morgan fingerprint density at radius 1 is 1.50 bits per heavy atom. The van der Waals surface area contributed by atoms with Gasteiger partial charge in [-0.25, -0.2) is 0 Å². The molecule has 1 N–H and O–H groups in total. The van der Waals surface area contributed by atoms with Crippen LogP contribution in [0.2, 0.25) is 0 Å². The van der Waals surface area contributed by atoms with Gasteiger partial charge >= 0.3 is 0 Å². The normalized spacial score (nSPS) is 15.4. The molecule has 1 aliphatic rings. The van der Waals surface area contributed by atoms with E-state index in [0.717, 1.165) is 37.0 Å². The van der Waals surface area contributed by atoms with E-state index < -0.39 is 0 Å². The summed E-state index contributed by atoms with van der Waals surface area (Å²) in [7, 11) is 1.88. The van der Waals surface area contributed by atoms with E-state index in [0.29, 0.717) is 0 Å². The summed E-state index contributed by atoms with van der Waals surface area (Å²) in [6, 6.07) is 6.15. The van der Waals surface area contributed by atoms with E-state index in [1.807, 2.05) is 24.9 Å². The first-order valence-electron chi connectivity index (χ1n) is 6.73. The van der Waals surface area contributed by atoms with Gasteiger partial charge in [0.1, 0.15) is 0 Å². The first-order valence-corrected chi connectivity index (χ1v) is 7.72. The minimum absolute atomic E-state index is 0.0330. The van der Waals surface area contributed by atoms with Crippen molar-refractivity contribution in [2.24, 2.45) is 0 Å². The van der Waals surface area contributed by atoms with Gasteiger partial charge in [0.2, 0.25) is 0 Å². The van der Waals surface area contributed by atoms with E-state index in [4.69, 9.17) is 0 Å². The third-order valence-electron chi connectivity index (χ3n) is 3.49. The summed E-state index contributed by atoms with van der Waals surface area (Å²) >= 11 is 1.86. The maximum absolute atomic E-state index is 12.4. The predicted molar refractivity (Wildman–Crippen MR) is 77.6 cm³/mol. The number of hydrogen-bond donors (Lipinski definition) is 1. The van der Waals surface area contributed by atoms with E-state index in [1.54, 1.807) is 0 Å². The second-order valence-corrected chi connectivity index (χ2v) is 5.91. The fourth-order valence-corrected chi connectivity index (χ4v) is 3.44. The van der Waals surface area contributed by atoms with Crippen molar-refractivity contribution in [2.75, 3.05) is 12.8 Å². The van der Waals surface area contributed by atoms with Crippen molar-refractivity contribution in [1.29, 1.82) is 0 Å². The highest BCUT2D eigenvalue weighted by atomic mass is 32.2. The monoisotopic (exact) mass is 263 g/mol. The van der Waals surface area contributed by atoms with Gasteiger partial charge in [-0.2, -0.15) is 0 Å². The predicted octanol–water partition coefficient (Wildman–Crippen LogP) is 3.30. The highest BCUT2D eigenvalue weighted by Crippen LogP contribution is 2.32. The zero-order chi connectivity index (χ0) is 13.0. The van der Waals surface area contributed by atoms with E-state index in [9.17, 15) is 4.79 Å². The number of aryl methyl sites for hydroxylation is 1. The summed E-state index contributed by atoms with van der Waals surface area (Å²) in [5.74, 6) is 1.39. The number of carbonyl (C=O) groups is 1. The lowest BCUT2D eigenvalue weighted by Gasteiger charge is -2.15. The Hall–Kier alpha value is -0.800. The van der Waals surface area contributed by atoms with Crippen LogP contribution < -0.4 is 5.32 Å². The van der Waals surface area contributed by atoms with Crippen LogP contribution in [0.15, 0.2) is 23.1 Å². The van der Waals surface area contributed by atoms with Crippen molar-refractivity contribution in [1.82, 2.24) is 5.32 Å². The molecule has 98 valence electrons. The van der Waals surface area contributed by atoms with Crippen LogP contribution in [-0.4, -0.2) is 24.6 Å². The summed E-state index contributed by atoms with van der Waals surface area (Å²) in [6.07, 6.45) is 4.29. The molecular formula is C15H21NOS. The van der Waals surface area contributed by atoms with Gasteiger partial charge in [0.05, 0.1) is 6.04 Å². The molecule has 1 aromatic carbocycles. The molecule has 2 nitrogen and oxygen atoms in total. The molecule has 1 aromatic rings. The molecule has 2 rings (SSSR count). The number of unbranched alkanes of at least 4 members (excludes halogenated alkanes) is 1. The van der Waals surface area contributed by atoms with Gasteiger partial charge in [-0.05, 0) is 31.5 Å². The zero-order valence-electron chi connectivity index (χ0n) is 11.2. The topological polar surface area (TPSA) is 29.1 Å². The Labute approximate surface area is 114 Å². The molecule has 1 aliphatic heterocycles. The largest absolute Gasteiger partial charge is 0.310 e. The van der Waals surface area contributed by atoms with Crippen LogP contribution >= 0.6 is 11.8 Å². The van der Waals surface area contributed by atoms with Gasteiger partial charge in [-0.3, -0.25) is 4.79 Å². The molecule has 0 bridgehead atoms. The lowest BCUT2D eigenvalue weighted by molar-refractivity contribution is 0.0941. The van der Waals surface area contributed by atoms with Crippen molar-refractivity contribution >= 4 is 17.5 Å². The summed E-state index contributed by atoms with van der Waals surface area (Å²) in [5.41, 5.74) is 2.25. The zero-order valence-corrected chi connectivity index (χ0v) is 12.0. The average molecular weight is 263 g/mol. The van der Waals surface area contributed by atoms with Crippen molar-refractivity contribution in [3.8, 4) is 0 Å². The molecule has 0 aromatic heterocycles. The Kier molecular flexibility index (Phi) is 4.84. The number of thioether (sulfide) groups is 1. The third-order valence-corrected chi connectivity index (χ3v) is 4.59. The van der Waals surface area contributed by atoms with Crippen molar-refractivity contribution in [3.63, 3.8) is 0 Å². The van der Waals surface area contributed by atoms with Crippen LogP contribution in [0.3, 0.4) is 0 Å².